The van der Waals surface area contributed by atoms with E-state index in [0.29, 0.717) is 58.8 Å². The predicted octanol–water partition coefficient (Wildman–Crippen LogP) is 11.0. The van der Waals surface area contributed by atoms with Crippen LogP contribution in [0.25, 0.3) is 23.3 Å². The van der Waals surface area contributed by atoms with Crippen LogP contribution < -0.4 is 18.9 Å². The Labute approximate surface area is 288 Å². The van der Waals surface area contributed by atoms with Crippen LogP contribution in [0, 0.1) is 34.5 Å². The number of rotatable bonds is 20. The molecular weight excluding hydrogens is 596 g/mol. The summed E-state index contributed by atoms with van der Waals surface area (Å²) >= 11 is 0. The summed E-state index contributed by atoms with van der Waals surface area (Å²) in [5.41, 5.74) is 3.69. The highest BCUT2D eigenvalue weighted by Gasteiger charge is 2.18. The van der Waals surface area contributed by atoms with Crippen LogP contribution in [0.15, 0.2) is 60.7 Å². The van der Waals surface area contributed by atoms with Crippen LogP contribution >= 0.6 is 0 Å². The third-order valence-electron chi connectivity index (χ3n) is 8.78. The van der Waals surface area contributed by atoms with Gasteiger partial charge in [-0.2, -0.15) is 10.5 Å². The maximum Gasteiger partial charge on any atom is 0.128 e. The molecule has 0 aliphatic rings. The molecule has 0 spiro atoms. The standard InChI is InChI=1S/C42H52N2O4/c1-7-11-13-31(9-3)29-47-37-19-15-33(16-20-37)23-35(27-43)39-25-42(46-6)40(26-41(39)45-5)36(28-44)24-34-17-21-38(22-18-34)48-30-32(10-4)14-12-8-2/h15-26,31-32H,7-14,29-30H2,1-6H3/b35-23+,36-24+. The molecule has 0 saturated heterocycles. The van der Waals surface area contributed by atoms with Crippen molar-refractivity contribution in [2.45, 2.75) is 79.1 Å². The predicted molar refractivity (Wildman–Crippen MR) is 197 cm³/mol. The Bertz CT molecular complexity index is 1440. The van der Waals surface area contributed by atoms with Crippen molar-refractivity contribution in [3.8, 4) is 35.1 Å². The van der Waals surface area contributed by atoms with Crippen molar-refractivity contribution >= 4 is 23.3 Å². The van der Waals surface area contributed by atoms with E-state index in [9.17, 15) is 10.5 Å². The monoisotopic (exact) mass is 648 g/mol. The first-order valence-electron chi connectivity index (χ1n) is 17.4. The molecule has 0 bridgehead atoms. The minimum atomic E-state index is 0.411. The van der Waals surface area contributed by atoms with Gasteiger partial charge < -0.3 is 18.9 Å². The van der Waals surface area contributed by atoms with Crippen molar-refractivity contribution in [3.05, 3.63) is 82.9 Å². The van der Waals surface area contributed by atoms with Gasteiger partial charge in [0.05, 0.1) is 50.7 Å². The minimum Gasteiger partial charge on any atom is -0.496 e. The summed E-state index contributed by atoms with van der Waals surface area (Å²) in [7, 11) is 3.11. The summed E-state index contributed by atoms with van der Waals surface area (Å²) in [6.45, 7) is 10.3. The van der Waals surface area contributed by atoms with Crippen LogP contribution in [0.5, 0.6) is 23.0 Å². The third kappa shape index (κ3) is 11.2. The highest BCUT2D eigenvalue weighted by atomic mass is 16.5. The molecule has 0 N–H and O–H groups in total. The van der Waals surface area contributed by atoms with E-state index in [1.54, 1.807) is 26.4 Å². The fraction of sp³-hybridized carbons (Fsp3) is 0.429. The largest absolute Gasteiger partial charge is 0.496 e. The Morgan fingerprint density at radius 3 is 1.29 bits per heavy atom. The van der Waals surface area contributed by atoms with Crippen molar-refractivity contribution in [1.29, 1.82) is 10.5 Å². The van der Waals surface area contributed by atoms with Gasteiger partial charge in [-0.25, -0.2) is 0 Å². The summed E-state index contributed by atoms with van der Waals surface area (Å²) in [4.78, 5) is 0. The molecule has 0 aliphatic carbocycles. The number of allylic oxidation sites excluding steroid dienone is 2. The number of hydrogen-bond acceptors (Lipinski definition) is 6. The van der Waals surface area contributed by atoms with Crippen LogP contribution in [0.1, 0.15) is 101 Å². The number of unbranched alkanes of at least 4 members (excludes halogenated alkanes) is 2. The fourth-order valence-corrected chi connectivity index (χ4v) is 5.54. The lowest BCUT2D eigenvalue weighted by molar-refractivity contribution is 0.233. The van der Waals surface area contributed by atoms with Gasteiger partial charge in [-0.05, 0) is 84.4 Å². The van der Waals surface area contributed by atoms with E-state index in [1.807, 2.05) is 60.7 Å². The molecule has 3 aromatic rings. The van der Waals surface area contributed by atoms with Gasteiger partial charge in [-0.1, -0.05) is 90.5 Å². The van der Waals surface area contributed by atoms with Crippen LogP contribution in [0.4, 0.5) is 0 Å². The van der Waals surface area contributed by atoms with Crippen LogP contribution in [-0.2, 0) is 0 Å². The average molecular weight is 649 g/mol. The lowest BCUT2D eigenvalue weighted by Crippen LogP contribution is -2.11. The number of ether oxygens (including phenoxy) is 4. The molecule has 0 aliphatic heterocycles. The SMILES string of the molecule is CCCCC(CC)COc1ccc(/C=C(\C#N)c2cc(OC)c(/C(C#N)=C/c3ccc(OCC(CC)CCCC)cc3)cc2OC)cc1. The van der Waals surface area contributed by atoms with E-state index in [-0.39, 0.29) is 0 Å². The van der Waals surface area contributed by atoms with Crippen molar-refractivity contribution in [2.75, 3.05) is 27.4 Å². The number of hydrogen-bond donors (Lipinski definition) is 0. The van der Waals surface area contributed by atoms with Crippen LogP contribution in [0.3, 0.4) is 0 Å². The Morgan fingerprint density at radius 1 is 0.625 bits per heavy atom. The second-order valence-corrected chi connectivity index (χ2v) is 12.2. The van der Waals surface area contributed by atoms with E-state index in [1.165, 1.54) is 38.5 Å². The molecule has 2 atom stereocenters. The zero-order valence-corrected chi connectivity index (χ0v) is 29.7. The highest BCUT2D eigenvalue weighted by Crippen LogP contribution is 2.38. The third-order valence-corrected chi connectivity index (χ3v) is 8.78. The fourth-order valence-electron chi connectivity index (χ4n) is 5.54. The highest BCUT2D eigenvalue weighted by molar-refractivity contribution is 5.96. The second-order valence-electron chi connectivity index (χ2n) is 12.2. The maximum atomic E-state index is 10.2. The molecule has 254 valence electrons. The topological polar surface area (TPSA) is 84.5 Å². The first-order valence-corrected chi connectivity index (χ1v) is 17.4. The molecule has 0 radical (unpaired) electrons. The van der Waals surface area contributed by atoms with Gasteiger partial charge >= 0.3 is 0 Å². The summed E-state index contributed by atoms with van der Waals surface area (Å²) in [5, 5.41) is 20.3. The summed E-state index contributed by atoms with van der Waals surface area (Å²) in [6.07, 6.45) is 13.0. The van der Waals surface area contributed by atoms with E-state index >= 15 is 0 Å². The number of nitrogens with zero attached hydrogens (tertiary/aromatic N) is 2. The summed E-state index contributed by atoms with van der Waals surface area (Å²) in [6, 6.07) is 23.7. The molecule has 0 aromatic heterocycles. The molecule has 0 fully saturated rings. The number of benzene rings is 3. The van der Waals surface area contributed by atoms with Crippen molar-refractivity contribution < 1.29 is 18.9 Å². The van der Waals surface area contributed by atoms with Gasteiger partial charge in [0.1, 0.15) is 23.0 Å². The molecule has 3 aromatic carbocycles. The molecule has 0 saturated carbocycles. The minimum absolute atomic E-state index is 0.411. The molecule has 3 rings (SSSR count). The summed E-state index contributed by atoms with van der Waals surface area (Å²) in [5.74, 6) is 3.67. The molecule has 48 heavy (non-hydrogen) atoms. The van der Waals surface area contributed by atoms with Crippen molar-refractivity contribution in [3.63, 3.8) is 0 Å². The van der Waals surface area contributed by atoms with Gasteiger partial charge in [0.25, 0.3) is 0 Å². The first-order chi connectivity index (χ1) is 23.4. The normalized spacial score (nSPS) is 12.8. The van der Waals surface area contributed by atoms with Crippen molar-refractivity contribution in [2.24, 2.45) is 11.8 Å². The number of nitriles is 2. The molecule has 2 unspecified atom stereocenters. The zero-order chi connectivity index (χ0) is 34.7. The van der Waals surface area contributed by atoms with Gasteiger partial charge in [-0.15, -0.1) is 0 Å². The summed E-state index contributed by atoms with van der Waals surface area (Å²) < 4.78 is 23.6. The average Bonchev–Trinajstić information content (AvgIpc) is 3.13. The second kappa shape index (κ2) is 20.5. The molecule has 0 heterocycles. The van der Waals surface area contributed by atoms with Gasteiger partial charge in [-0.3, -0.25) is 0 Å². The molecular formula is C42H52N2O4. The lowest BCUT2D eigenvalue weighted by Gasteiger charge is -2.16. The van der Waals surface area contributed by atoms with Gasteiger partial charge in [0.15, 0.2) is 0 Å². The lowest BCUT2D eigenvalue weighted by atomic mass is 9.96. The van der Waals surface area contributed by atoms with E-state index in [0.717, 1.165) is 35.5 Å². The smallest absolute Gasteiger partial charge is 0.128 e. The maximum absolute atomic E-state index is 10.2. The van der Waals surface area contributed by atoms with E-state index in [2.05, 4.69) is 39.8 Å². The van der Waals surface area contributed by atoms with Gasteiger partial charge in [0, 0.05) is 11.1 Å². The Balaban J connectivity index is 1.82. The van der Waals surface area contributed by atoms with E-state index < -0.39 is 0 Å². The van der Waals surface area contributed by atoms with Crippen molar-refractivity contribution in [1.82, 2.24) is 0 Å². The van der Waals surface area contributed by atoms with E-state index in [4.69, 9.17) is 18.9 Å². The quantitative estimate of drug-likeness (QED) is 0.0895. The number of methoxy groups -OCH3 is 2. The molecule has 6 heteroatoms. The Kier molecular flexibility index (Phi) is 16.2. The molecule has 6 nitrogen and oxygen atoms in total. The Hall–Kier alpha value is -4.68. The van der Waals surface area contributed by atoms with Crippen LogP contribution in [0.2, 0.25) is 0 Å². The van der Waals surface area contributed by atoms with Crippen LogP contribution in [-0.4, -0.2) is 27.4 Å². The Morgan fingerprint density at radius 2 is 1.00 bits per heavy atom. The first kappa shape index (κ1) is 37.8. The van der Waals surface area contributed by atoms with Gasteiger partial charge in [0.2, 0.25) is 0 Å². The molecule has 0 amide bonds. The zero-order valence-electron chi connectivity index (χ0n) is 29.7.